The Balaban J connectivity index is 1.67. The number of hydrogen-bond donors (Lipinski definition) is 1. The Labute approximate surface area is 189 Å². The number of carbonyl (C=O) groups is 1. The smallest absolute Gasteiger partial charge is 0.409 e. The minimum absolute atomic E-state index is 0.00423. The Kier molecular flexibility index (Phi) is 6.18. The summed E-state index contributed by atoms with van der Waals surface area (Å²) >= 11 is 5.89. The lowest BCUT2D eigenvalue weighted by Crippen LogP contribution is -2.34. The molecule has 0 saturated carbocycles. The maximum Gasteiger partial charge on any atom is 0.409 e. The molecule has 0 aliphatic carbocycles. The molecular weight excluding hydrogens is 439 g/mol. The van der Waals surface area contributed by atoms with Gasteiger partial charge in [-0.3, -0.25) is 0 Å². The van der Waals surface area contributed by atoms with Crippen LogP contribution >= 0.6 is 11.6 Å². The molecule has 2 heterocycles. The summed E-state index contributed by atoms with van der Waals surface area (Å²) in [5.41, 5.74) is 0.777. The highest BCUT2D eigenvalue weighted by atomic mass is 35.5. The largest absolute Gasteiger partial charge is 0.493 e. The second-order valence-electron chi connectivity index (χ2n) is 7.42. The number of likely N-dealkylation sites (tertiary alicyclic amines) is 1. The number of methoxy groups -OCH3 is 2. The molecule has 10 heteroatoms. The third-order valence-electron chi connectivity index (χ3n) is 5.36. The Hall–Kier alpha value is -3.33. The molecule has 1 aliphatic heterocycles. The molecule has 8 nitrogen and oxygen atoms in total. The number of carbonyl (C=O) groups excluding carboxylic acids is 1. The normalized spacial score (nSPS) is 18.0. The van der Waals surface area contributed by atoms with E-state index in [1.807, 2.05) is 6.92 Å². The van der Waals surface area contributed by atoms with Crippen LogP contribution in [0.4, 0.5) is 20.7 Å². The third kappa shape index (κ3) is 4.20. The van der Waals surface area contributed by atoms with Gasteiger partial charge >= 0.3 is 6.09 Å². The molecule has 2 aromatic carbocycles. The fourth-order valence-corrected chi connectivity index (χ4v) is 3.94. The van der Waals surface area contributed by atoms with Crippen molar-refractivity contribution in [3.63, 3.8) is 0 Å². The van der Waals surface area contributed by atoms with Crippen LogP contribution in [0.3, 0.4) is 0 Å². The van der Waals surface area contributed by atoms with E-state index in [1.165, 1.54) is 26.6 Å². The lowest BCUT2D eigenvalue weighted by atomic mass is 10.2. The van der Waals surface area contributed by atoms with Crippen molar-refractivity contribution in [1.82, 2.24) is 14.9 Å². The van der Waals surface area contributed by atoms with Crippen LogP contribution in [-0.4, -0.2) is 53.9 Å². The average molecular weight is 461 g/mol. The van der Waals surface area contributed by atoms with Crippen LogP contribution in [0.15, 0.2) is 36.7 Å². The predicted octanol–water partition coefficient (Wildman–Crippen LogP) is 4.78. The average Bonchev–Trinajstić information content (AvgIpc) is 3.16. The number of halogens is 2. The topological polar surface area (TPSA) is 85.8 Å². The first-order valence-electron chi connectivity index (χ1n) is 9.96. The summed E-state index contributed by atoms with van der Waals surface area (Å²) in [6.45, 7) is 2.33. The van der Waals surface area contributed by atoms with Gasteiger partial charge in [-0.1, -0.05) is 17.7 Å². The predicted molar refractivity (Wildman–Crippen MR) is 118 cm³/mol. The molecule has 0 bridgehead atoms. The van der Waals surface area contributed by atoms with E-state index in [4.69, 9.17) is 25.8 Å². The molecule has 1 aromatic heterocycles. The number of fused-ring (bicyclic) bond motifs is 1. The van der Waals surface area contributed by atoms with E-state index in [9.17, 15) is 9.18 Å². The molecular formula is C22H22ClFN4O4. The zero-order valence-electron chi connectivity index (χ0n) is 17.8. The number of aromatic nitrogens is 2. The SMILES string of the molecule is COC(=O)N1C[C@H](Oc2cc3c(Nc4cccc(Cl)c4F)ncnc3cc2OC)CC1C. The number of amides is 1. The van der Waals surface area contributed by atoms with Crippen molar-refractivity contribution in [2.75, 3.05) is 26.1 Å². The highest BCUT2D eigenvalue weighted by molar-refractivity contribution is 6.31. The van der Waals surface area contributed by atoms with E-state index >= 15 is 0 Å². The molecule has 168 valence electrons. The van der Waals surface area contributed by atoms with Crippen LogP contribution in [0.25, 0.3) is 10.9 Å². The van der Waals surface area contributed by atoms with E-state index < -0.39 is 11.9 Å². The minimum atomic E-state index is -0.575. The third-order valence-corrected chi connectivity index (χ3v) is 5.66. The number of ether oxygens (including phenoxy) is 3. The lowest BCUT2D eigenvalue weighted by Gasteiger charge is -2.19. The Morgan fingerprint density at radius 1 is 1.25 bits per heavy atom. The quantitative estimate of drug-likeness (QED) is 0.586. The Bertz CT molecular complexity index is 1160. The van der Waals surface area contributed by atoms with Gasteiger partial charge in [0.2, 0.25) is 0 Å². The van der Waals surface area contributed by atoms with Crippen molar-refractivity contribution >= 4 is 40.1 Å². The van der Waals surface area contributed by atoms with Crippen molar-refractivity contribution in [3.8, 4) is 11.5 Å². The molecule has 1 fully saturated rings. The van der Waals surface area contributed by atoms with Crippen LogP contribution in [0, 0.1) is 5.82 Å². The standard InChI is InChI=1S/C22H22ClFN4O4/c1-12-7-13(10-28(12)22(29)31-3)32-19-8-14-17(9-18(19)30-2)25-11-26-21(14)27-16-6-4-5-15(23)20(16)24/h4-6,8-9,11-13H,7,10H2,1-3H3,(H,25,26,27)/t12?,13-/m1/s1. The molecule has 1 amide bonds. The van der Waals surface area contributed by atoms with E-state index in [2.05, 4.69) is 15.3 Å². The zero-order chi connectivity index (χ0) is 22.8. The summed E-state index contributed by atoms with van der Waals surface area (Å²) in [5.74, 6) is 0.766. The van der Waals surface area contributed by atoms with Gasteiger partial charge in [-0.2, -0.15) is 0 Å². The van der Waals surface area contributed by atoms with Gasteiger partial charge in [-0.15, -0.1) is 0 Å². The van der Waals surface area contributed by atoms with Crippen molar-refractivity contribution in [1.29, 1.82) is 0 Å². The summed E-state index contributed by atoms with van der Waals surface area (Å²) < 4.78 is 30.9. The van der Waals surface area contributed by atoms with Crippen molar-refractivity contribution in [2.24, 2.45) is 0 Å². The first kappa shape index (κ1) is 21.9. The number of nitrogens with one attached hydrogen (secondary N) is 1. The highest BCUT2D eigenvalue weighted by Crippen LogP contribution is 2.37. The monoisotopic (exact) mass is 460 g/mol. The van der Waals surface area contributed by atoms with Crippen LogP contribution < -0.4 is 14.8 Å². The van der Waals surface area contributed by atoms with Gasteiger partial charge in [0.25, 0.3) is 0 Å². The van der Waals surface area contributed by atoms with Gasteiger partial charge in [0.1, 0.15) is 18.2 Å². The summed E-state index contributed by atoms with van der Waals surface area (Å²) in [5, 5.41) is 3.59. The van der Waals surface area contributed by atoms with Crippen molar-refractivity contribution in [3.05, 3.63) is 47.5 Å². The first-order chi connectivity index (χ1) is 15.4. The molecule has 4 rings (SSSR count). The molecule has 1 saturated heterocycles. The van der Waals surface area contributed by atoms with Crippen molar-refractivity contribution in [2.45, 2.75) is 25.5 Å². The first-order valence-corrected chi connectivity index (χ1v) is 10.3. The fraction of sp³-hybridized carbons (Fsp3) is 0.318. The van der Waals surface area contributed by atoms with Gasteiger partial charge in [-0.25, -0.2) is 19.2 Å². The van der Waals surface area contributed by atoms with E-state index in [1.54, 1.807) is 29.2 Å². The summed E-state index contributed by atoms with van der Waals surface area (Å²) in [4.78, 5) is 22.1. The molecule has 2 atom stereocenters. The van der Waals surface area contributed by atoms with Gasteiger partial charge in [-0.05, 0) is 25.1 Å². The summed E-state index contributed by atoms with van der Waals surface area (Å²) in [6.07, 6.45) is 1.37. The maximum atomic E-state index is 14.4. The number of nitrogens with zero attached hydrogens (tertiary/aromatic N) is 3. The van der Waals surface area contributed by atoms with Crippen LogP contribution in [0.2, 0.25) is 5.02 Å². The van der Waals surface area contributed by atoms with E-state index in [0.717, 1.165) is 0 Å². The molecule has 0 spiro atoms. The van der Waals surface area contributed by atoms with E-state index in [-0.39, 0.29) is 22.9 Å². The van der Waals surface area contributed by atoms with Gasteiger partial charge in [0, 0.05) is 23.9 Å². The second-order valence-corrected chi connectivity index (χ2v) is 7.82. The summed E-state index contributed by atoms with van der Waals surface area (Å²) in [7, 11) is 2.89. The van der Waals surface area contributed by atoms with Gasteiger partial charge in [0.05, 0.1) is 37.0 Å². The molecule has 1 N–H and O–H groups in total. The fourth-order valence-electron chi connectivity index (χ4n) is 3.76. The highest BCUT2D eigenvalue weighted by Gasteiger charge is 2.35. The van der Waals surface area contributed by atoms with Crippen LogP contribution in [0.5, 0.6) is 11.5 Å². The zero-order valence-corrected chi connectivity index (χ0v) is 18.5. The van der Waals surface area contributed by atoms with Crippen LogP contribution in [-0.2, 0) is 4.74 Å². The maximum absolute atomic E-state index is 14.4. The van der Waals surface area contributed by atoms with Gasteiger partial charge < -0.3 is 24.4 Å². The number of rotatable bonds is 5. The second kappa shape index (κ2) is 9.04. The molecule has 1 aliphatic rings. The number of anilines is 2. The van der Waals surface area contributed by atoms with E-state index in [0.29, 0.717) is 41.2 Å². The van der Waals surface area contributed by atoms with Gasteiger partial charge in [0.15, 0.2) is 17.3 Å². The minimum Gasteiger partial charge on any atom is -0.493 e. The molecule has 1 unspecified atom stereocenters. The van der Waals surface area contributed by atoms with Crippen molar-refractivity contribution < 1.29 is 23.4 Å². The number of benzene rings is 2. The summed E-state index contributed by atoms with van der Waals surface area (Å²) in [6, 6.07) is 8.12. The lowest BCUT2D eigenvalue weighted by molar-refractivity contribution is 0.116. The molecule has 0 radical (unpaired) electrons. The molecule has 32 heavy (non-hydrogen) atoms. The Morgan fingerprint density at radius 3 is 2.81 bits per heavy atom. The number of hydrogen-bond acceptors (Lipinski definition) is 7. The molecule has 3 aromatic rings. The Morgan fingerprint density at radius 2 is 2.06 bits per heavy atom. The van der Waals surface area contributed by atoms with Crippen LogP contribution in [0.1, 0.15) is 13.3 Å².